The summed E-state index contributed by atoms with van der Waals surface area (Å²) in [6.07, 6.45) is 6.52. The van der Waals surface area contributed by atoms with Gasteiger partial charge in [-0.25, -0.2) is 4.79 Å². The van der Waals surface area contributed by atoms with Crippen LogP contribution in [0, 0.1) is 5.92 Å². The van der Waals surface area contributed by atoms with E-state index < -0.39 is 0 Å². The molecule has 0 aromatic rings. The van der Waals surface area contributed by atoms with E-state index >= 15 is 0 Å². The predicted molar refractivity (Wildman–Crippen MR) is 56.9 cm³/mol. The highest BCUT2D eigenvalue weighted by atomic mass is 16.5. The second-order valence-electron chi connectivity index (χ2n) is 4.21. The van der Waals surface area contributed by atoms with Gasteiger partial charge in [-0.1, -0.05) is 19.9 Å². The number of rotatable bonds is 3. The summed E-state index contributed by atoms with van der Waals surface area (Å²) >= 11 is 0. The Labute approximate surface area is 86.3 Å². The number of esters is 1. The molecule has 0 N–H and O–H groups in total. The van der Waals surface area contributed by atoms with Crippen LogP contribution in [-0.2, 0) is 9.53 Å². The predicted octanol–water partition coefficient (Wildman–Crippen LogP) is 3.07. The smallest absolute Gasteiger partial charge is 0.334 e. The molecule has 0 spiro atoms. The Kier molecular flexibility index (Phi) is 4.18. The molecule has 0 unspecified atom stereocenters. The summed E-state index contributed by atoms with van der Waals surface area (Å²) in [5, 5.41) is 0. The monoisotopic (exact) mass is 196 g/mol. The van der Waals surface area contributed by atoms with E-state index in [1.807, 2.05) is 26.8 Å². The second kappa shape index (κ2) is 5.18. The molecule has 80 valence electrons. The van der Waals surface area contributed by atoms with Gasteiger partial charge in [0.05, 0.1) is 0 Å². The molecule has 14 heavy (non-hydrogen) atoms. The molecule has 0 radical (unpaired) electrons. The van der Waals surface area contributed by atoms with Crippen molar-refractivity contribution in [1.82, 2.24) is 0 Å². The van der Waals surface area contributed by atoms with Gasteiger partial charge in [0.15, 0.2) is 0 Å². The Hall–Kier alpha value is -0.790. The zero-order chi connectivity index (χ0) is 10.6. The van der Waals surface area contributed by atoms with Crippen molar-refractivity contribution in [3.63, 3.8) is 0 Å². The third-order valence-corrected chi connectivity index (χ3v) is 2.74. The molecule has 1 aliphatic carbocycles. The summed E-state index contributed by atoms with van der Waals surface area (Å²) in [6.45, 7) is 5.93. The fraction of sp³-hybridized carbons (Fsp3) is 0.750. The lowest BCUT2D eigenvalue weighted by molar-refractivity contribution is -0.144. The van der Waals surface area contributed by atoms with Crippen molar-refractivity contribution in [2.75, 3.05) is 0 Å². The Morgan fingerprint density at radius 3 is 2.36 bits per heavy atom. The van der Waals surface area contributed by atoms with Crippen LogP contribution in [0.25, 0.3) is 0 Å². The molecule has 0 amide bonds. The minimum Gasteiger partial charge on any atom is -0.459 e. The van der Waals surface area contributed by atoms with E-state index in [0.717, 1.165) is 18.4 Å². The summed E-state index contributed by atoms with van der Waals surface area (Å²) in [7, 11) is 0. The summed E-state index contributed by atoms with van der Waals surface area (Å²) in [6, 6.07) is 0. The van der Waals surface area contributed by atoms with Crippen LogP contribution in [0.5, 0.6) is 0 Å². The van der Waals surface area contributed by atoms with Crippen molar-refractivity contribution in [1.29, 1.82) is 0 Å². The lowest BCUT2D eigenvalue weighted by Crippen LogP contribution is -2.18. The largest absolute Gasteiger partial charge is 0.459 e. The van der Waals surface area contributed by atoms with Crippen LogP contribution in [0.1, 0.15) is 46.5 Å². The van der Waals surface area contributed by atoms with Crippen molar-refractivity contribution in [2.24, 2.45) is 5.92 Å². The first-order valence-electron chi connectivity index (χ1n) is 5.52. The first-order valence-corrected chi connectivity index (χ1v) is 5.52. The van der Waals surface area contributed by atoms with Crippen LogP contribution in [0.2, 0.25) is 0 Å². The van der Waals surface area contributed by atoms with E-state index in [0.29, 0.717) is 0 Å². The van der Waals surface area contributed by atoms with Gasteiger partial charge in [-0.3, -0.25) is 0 Å². The Balaban J connectivity index is 2.47. The summed E-state index contributed by atoms with van der Waals surface area (Å²) < 4.78 is 5.42. The van der Waals surface area contributed by atoms with Crippen LogP contribution in [0.15, 0.2) is 11.6 Å². The van der Waals surface area contributed by atoms with E-state index in [9.17, 15) is 4.79 Å². The zero-order valence-electron chi connectivity index (χ0n) is 9.38. The van der Waals surface area contributed by atoms with Gasteiger partial charge >= 0.3 is 5.97 Å². The van der Waals surface area contributed by atoms with Gasteiger partial charge in [0, 0.05) is 5.57 Å². The number of carbonyl (C=O) groups is 1. The molecule has 0 heterocycles. The van der Waals surface area contributed by atoms with E-state index in [1.165, 1.54) is 12.8 Å². The van der Waals surface area contributed by atoms with Crippen LogP contribution in [-0.4, -0.2) is 12.1 Å². The average Bonchev–Trinajstić information content (AvgIpc) is 2.57. The van der Waals surface area contributed by atoms with Crippen molar-refractivity contribution in [3.8, 4) is 0 Å². The maximum absolute atomic E-state index is 11.7. The quantitative estimate of drug-likeness (QED) is 0.512. The molecule has 0 bridgehead atoms. The lowest BCUT2D eigenvalue weighted by atomic mass is 10.0. The molecule has 2 heteroatoms. The highest BCUT2D eigenvalue weighted by molar-refractivity contribution is 5.88. The van der Waals surface area contributed by atoms with Gasteiger partial charge < -0.3 is 4.74 Å². The topological polar surface area (TPSA) is 26.3 Å². The van der Waals surface area contributed by atoms with Crippen molar-refractivity contribution >= 4 is 5.97 Å². The number of hydrogen-bond donors (Lipinski definition) is 0. The van der Waals surface area contributed by atoms with Crippen LogP contribution in [0.3, 0.4) is 0 Å². The number of allylic oxidation sites excluding steroid dienone is 1. The second-order valence-corrected chi connectivity index (χ2v) is 4.21. The third-order valence-electron chi connectivity index (χ3n) is 2.74. The molecule has 1 fully saturated rings. The highest BCUT2D eigenvalue weighted by Gasteiger charge is 2.22. The summed E-state index contributed by atoms with van der Waals surface area (Å²) in [5.41, 5.74) is 0.803. The highest BCUT2D eigenvalue weighted by Crippen LogP contribution is 2.23. The average molecular weight is 196 g/mol. The molecule has 0 saturated heterocycles. The van der Waals surface area contributed by atoms with E-state index in [2.05, 4.69) is 0 Å². The first-order chi connectivity index (χ1) is 6.65. The van der Waals surface area contributed by atoms with Gasteiger partial charge in [0.1, 0.15) is 6.10 Å². The van der Waals surface area contributed by atoms with Crippen LogP contribution in [0.4, 0.5) is 0 Å². The maximum Gasteiger partial charge on any atom is 0.334 e. The van der Waals surface area contributed by atoms with E-state index in [1.54, 1.807) is 0 Å². The van der Waals surface area contributed by atoms with Crippen LogP contribution >= 0.6 is 0 Å². The lowest BCUT2D eigenvalue weighted by Gasteiger charge is -2.14. The van der Waals surface area contributed by atoms with Crippen molar-refractivity contribution in [2.45, 2.75) is 52.6 Å². The fourth-order valence-corrected chi connectivity index (χ4v) is 1.91. The summed E-state index contributed by atoms with van der Waals surface area (Å²) in [5.74, 6) is 0.142. The van der Waals surface area contributed by atoms with Gasteiger partial charge in [0.2, 0.25) is 0 Å². The molecule has 0 aliphatic heterocycles. The normalized spacial score (nSPS) is 19.0. The molecule has 1 saturated carbocycles. The first kappa shape index (κ1) is 11.3. The van der Waals surface area contributed by atoms with Crippen molar-refractivity contribution in [3.05, 3.63) is 11.6 Å². The number of hydrogen-bond acceptors (Lipinski definition) is 2. The maximum atomic E-state index is 11.7. The third kappa shape index (κ3) is 2.86. The SMILES string of the molecule is C/C=C(/C(=O)OC1CCCC1)C(C)C. The Morgan fingerprint density at radius 1 is 1.36 bits per heavy atom. The molecule has 0 aromatic carbocycles. The number of ether oxygens (including phenoxy) is 1. The molecular weight excluding hydrogens is 176 g/mol. The van der Waals surface area contributed by atoms with Crippen molar-refractivity contribution < 1.29 is 9.53 Å². The molecule has 1 aliphatic rings. The molecular formula is C12H20O2. The fourth-order valence-electron chi connectivity index (χ4n) is 1.91. The van der Waals surface area contributed by atoms with Crippen LogP contribution < -0.4 is 0 Å². The minimum absolute atomic E-state index is 0.116. The molecule has 2 nitrogen and oxygen atoms in total. The molecule has 0 aromatic heterocycles. The molecule has 1 rings (SSSR count). The summed E-state index contributed by atoms with van der Waals surface area (Å²) in [4.78, 5) is 11.7. The number of carbonyl (C=O) groups excluding carboxylic acids is 1. The van der Waals surface area contributed by atoms with Gasteiger partial charge in [-0.15, -0.1) is 0 Å². The Bertz CT molecular complexity index is 222. The van der Waals surface area contributed by atoms with Gasteiger partial charge in [-0.2, -0.15) is 0 Å². The molecule has 0 atom stereocenters. The minimum atomic E-state index is -0.116. The van der Waals surface area contributed by atoms with Gasteiger partial charge in [-0.05, 0) is 38.5 Å². The van der Waals surface area contributed by atoms with E-state index in [4.69, 9.17) is 4.74 Å². The van der Waals surface area contributed by atoms with Gasteiger partial charge in [0.25, 0.3) is 0 Å². The standard InChI is InChI=1S/C12H20O2/c1-4-11(9(2)3)12(13)14-10-7-5-6-8-10/h4,9-10H,5-8H2,1-3H3/b11-4+. The zero-order valence-corrected chi connectivity index (χ0v) is 9.38. The van der Waals surface area contributed by atoms with E-state index in [-0.39, 0.29) is 18.0 Å². The Morgan fingerprint density at radius 2 is 1.93 bits per heavy atom.